The molecular formula is C12H12ClNO2. The van der Waals surface area contributed by atoms with Gasteiger partial charge in [0.15, 0.2) is 0 Å². The Bertz CT molecular complexity index is 508. The lowest BCUT2D eigenvalue weighted by molar-refractivity contribution is -0.138. The Balaban J connectivity index is 0.00000128. The molecular weight excluding hydrogens is 226 g/mol. The molecule has 16 heavy (non-hydrogen) atoms. The summed E-state index contributed by atoms with van der Waals surface area (Å²) in [6.07, 6.45) is 3.42. The van der Waals surface area contributed by atoms with Gasteiger partial charge in [-0.2, -0.15) is 0 Å². The van der Waals surface area contributed by atoms with Crippen LogP contribution in [0.4, 0.5) is 0 Å². The van der Waals surface area contributed by atoms with Gasteiger partial charge in [-0.15, -0.1) is 12.4 Å². The van der Waals surface area contributed by atoms with E-state index in [2.05, 4.69) is 4.98 Å². The second-order valence-electron chi connectivity index (χ2n) is 3.50. The predicted molar refractivity (Wildman–Crippen MR) is 65.0 cm³/mol. The number of aliphatic carboxylic acids is 1. The topological polar surface area (TPSA) is 50.2 Å². The van der Waals surface area contributed by atoms with Gasteiger partial charge in [-0.25, -0.2) is 0 Å². The van der Waals surface area contributed by atoms with E-state index in [1.807, 2.05) is 24.3 Å². The van der Waals surface area contributed by atoms with Gasteiger partial charge in [0, 0.05) is 17.8 Å². The summed E-state index contributed by atoms with van der Waals surface area (Å²) in [5.74, 6) is -1.32. The van der Waals surface area contributed by atoms with E-state index in [4.69, 9.17) is 5.11 Å². The Morgan fingerprint density at radius 1 is 1.38 bits per heavy atom. The fourth-order valence-electron chi connectivity index (χ4n) is 1.65. The minimum atomic E-state index is -0.814. The average Bonchev–Trinajstić information content (AvgIpc) is 2.27. The number of carboxylic acid groups (broad SMARTS) is 1. The van der Waals surface area contributed by atoms with Crippen molar-refractivity contribution in [3.8, 4) is 0 Å². The Morgan fingerprint density at radius 3 is 2.81 bits per heavy atom. The summed E-state index contributed by atoms with van der Waals surface area (Å²) in [5, 5.41) is 10.9. The fourth-order valence-corrected chi connectivity index (χ4v) is 1.65. The summed E-state index contributed by atoms with van der Waals surface area (Å²) in [6, 6.07) is 7.54. The Labute approximate surface area is 99.5 Å². The molecule has 4 heteroatoms. The number of nitrogens with zero attached hydrogens (tertiary/aromatic N) is 1. The summed E-state index contributed by atoms with van der Waals surface area (Å²) in [5.41, 5.74) is 0.813. The summed E-state index contributed by atoms with van der Waals surface area (Å²) < 4.78 is 0. The van der Waals surface area contributed by atoms with Crippen LogP contribution in [0.15, 0.2) is 36.7 Å². The van der Waals surface area contributed by atoms with Crippen molar-refractivity contribution in [1.82, 2.24) is 4.98 Å². The standard InChI is InChI=1S/C12H11NO2.ClH/c1-8(12(14)15)10-4-2-3-9-5-6-13-7-11(9)10;/h2-8H,1H3,(H,14,15);1H. The number of carboxylic acids is 1. The first-order valence-electron chi connectivity index (χ1n) is 4.75. The minimum absolute atomic E-state index is 0. The summed E-state index contributed by atoms with van der Waals surface area (Å²) in [6.45, 7) is 1.68. The maximum atomic E-state index is 10.9. The fraction of sp³-hybridized carbons (Fsp3) is 0.167. The van der Waals surface area contributed by atoms with E-state index in [-0.39, 0.29) is 12.4 Å². The highest BCUT2D eigenvalue weighted by atomic mass is 35.5. The quantitative estimate of drug-likeness (QED) is 0.874. The molecule has 3 nitrogen and oxygen atoms in total. The number of fused-ring (bicyclic) bond motifs is 1. The zero-order chi connectivity index (χ0) is 10.8. The third-order valence-electron chi connectivity index (χ3n) is 2.55. The zero-order valence-electron chi connectivity index (χ0n) is 8.75. The predicted octanol–water partition coefficient (Wildman–Crippen LogP) is 2.84. The molecule has 1 aromatic heterocycles. The van der Waals surface area contributed by atoms with Crippen LogP contribution in [0.1, 0.15) is 18.4 Å². The highest BCUT2D eigenvalue weighted by Gasteiger charge is 2.15. The van der Waals surface area contributed by atoms with E-state index < -0.39 is 11.9 Å². The van der Waals surface area contributed by atoms with Gasteiger partial charge in [0.25, 0.3) is 0 Å². The molecule has 0 amide bonds. The molecule has 1 atom stereocenters. The van der Waals surface area contributed by atoms with Crippen LogP contribution >= 0.6 is 12.4 Å². The number of hydrogen-bond acceptors (Lipinski definition) is 2. The van der Waals surface area contributed by atoms with Crippen LogP contribution in [0.3, 0.4) is 0 Å². The average molecular weight is 238 g/mol. The van der Waals surface area contributed by atoms with Crippen LogP contribution in [-0.2, 0) is 4.79 Å². The van der Waals surface area contributed by atoms with E-state index in [0.717, 1.165) is 16.3 Å². The van der Waals surface area contributed by atoms with E-state index in [1.54, 1.807) is 19.3 Å². The molecule has 0 radical (unpaired) electrons. The molecule has 0 bridgehead atoms. The van der Waals surface area contributed by atoms with Gasteiger partial charge in [-0.1, -0.05) is 18.2 Å². The Hall–Kier alpha value is -1.61. The molecule has 2 aromatic rings. The van der Waals surface area contributed by atoms with Crippen molar-refractivity contribution in [1.29, 1.82) is 0 Å². The minimum Gasteiger partial charge on any atom is -0.481 e. The largest absolute Gasteiger partial charge is 0.481 e. The zero-order valence-corrected chi connectivity index (χ0v) is 9.57. The lowest BCUT2D eigenvalue weighted by atomic mass is 9.96. The molecule has 0 spiro atoms. The number of hydrogen-bond donors (Lipinski definition) is 1. The molecule has 0 aliphatic rings. The second kappa shape index (κ2) is 4.94. The first kappa shape index (κ1) is 12.5. The molecule has 0 aliphatic carbocycles. The normalized spacial score (nSPS) is 11.8. The summed E-state index contributed by atoms with van der Waals surface area (Å²) in [7, 11) is 0. The van der Waals surface area contributed by atoms with Gasteiger partial charge < -0.3 is 5.11 Å². The first-order valence-corrected chi connectivity index (χ1v) is 4.75. The van der Waals surface area contributed by atoms with Crippen molar-refractivity contribution in [2.24, 2.45) is 0 Å². The molecule has 0 saturated carbocycles. The van der Waals surface area contributed by atoms with Crippen molar-refractivity contribution >= 4 is 29.1 Å². The Morgan fingerprint density at radius 2 is 2.12 bits per heavy atom. The number of benzene rings is 1. The number of rotatable bonds is 2. The molecule has 1 unspecified atom stereocenters. The number of aromatic nitrogens is 1. The first-order chi connectivity index (χ1) is 7.20. The monoisotopic (exact) mass is 237 g/mol. The SMILES string of the molecule is CC(C(=O)O)c1cccc2ccncc12.Cl. The summed E-state index contributed by atoms with van der Waals surface area (Å²) in [4.78, 5) is 14.9. The van der Waals surface area contributed by atoms with Gasteiger partial charge in [-0.05, 0) is 23.9 Å². The third kappa shape index (κ3) is 2.14. The van der Waals surface area contributed by atoms with Crippen molar-refractivity contribution in [3.63, 3.8) is 0 Å². The van der Waals surface area contributed by atoms with Crippen LogP contribution in [0, 0.1) is 0 Å². The molecule has 84 valence electrons. The van der Waals surface area contributed by atoms with Crippen LogP contribution in [0.2, 0.25) is 0 Å². The lowest BCUT2D eigenvalue weighted by Gasteiger charge is -2.09. The van der Waals surface area contributed by atoms with Crippen LogP contribution in [-0.4, -0.2) is 16.1 Å². The van der Waals surface area contributed by atoms with Gasteiger partial charge in [0.05, 0.1) is 5.92 Å². The van der Waals surface area contributed by atoms with Crippen molar-refractivity contribution < 1.29 is 9.90 Å². The van der Waals surface area contributed by atoms with E-state index in [0.29, 0.717) is 0 Å². The number of pyridine rings is 1. The lowest BCUT2D eigenvalue weighted by Crippen LogP contribution is -2.07. The van der Waals surface area contributed by atoms with Crippen molar-refractivity contribution in [2.45, 2.75) is 12.8 Å². The maximum Gasteiger partial charge on any atom is 0.310 e. The van der Waals surface area contributed by atoms with E-state index in [1.165, 1.54) is 0 Å². The number of halogens is 1. The Kier molecular flexibility index (Phi) is 3.85. The van der Waals surface area contributed by atoms with Gasteiger partial charge >= 0.3 is 5.97 Å². The second-order valence-corrected chi connectivity index (χ2v) is 3.50. The van der Waals surface area contributed by atoms with Gasteiger partial charge in [-0.3, -0.25) is 9.78 Å². The van der Waals surface area contributed by atoms with Gasteiger partial charge in [0.1, 0.15) is 0 Å². The van der Waals surface area contributed by atoms with Crippen molar-refractivity contribution in [3.05, 3.63) is 42.2 Å². The molecule has 0 fully saturated rings. The van der Waals surface area contributed by atoms with Crippen molar-refractivity contribution in [2.75, 3.05) is 0 Å². The molecule has 2 rings (SSSR count). The molecule has 1 N–H and O–H groups in total. The number of carbonyl (C=O) groups is 1. The highest BCUT2D eigenvalue weighted by Crippen LogP contribution is 2.24. The smallest absolute Gasteiger partial charge is 0.310 e. The van der Waals surface area contributed by atoms with Crippen LogP contribution < -0.4 is 0 Å². The van der Waals surface area contributed by atoms with Crippen LogP contribution in [0.25, 0.3) is 10.8 Å². The molecule has 1 aromatic carbocycles. The third-order valence-corrected chi connectivity index (χ3v) is 2.55. The van der Waals surface area contributed by atoms with E-state index in [9.17, 15) is 4.79 Å². The van der Waals surface area contributed by atoms with Gasteiger partial charge in [0.2, 0.25) is 0 Å². The summed E-state index contributed by atoms with van der Waals surface area (Å²) >= 11 is 0. The maximum absolute atomic E-state index is 10.9. The molecule has 1 heterocycles. The van der Waals surface area contributed by atoms with Crippen LogP contribution in [0.5, 0.6) is 0 Å². The highest BCUT2D eigenvalue weighted by molar-refractivity contribution is 5.89. The van der Waals surface area contributed by atoms with E-state index >= 15 is 0 Å². The molecule has 0 saturated heterocycles. The molecule has 0 aliphatic heterocycles.